The summed E-state index contributed by atoms with van der Waals surface area (Å²) in [6, 6.07) is 6.96. The molecule has 2 aliphatic rings. The van der Waals surface area contributed by atoms with E-state index in [0.29, 0.717) is 11.4 Å². The number of benzene rings is 1. The van der Waals surface area contributed by atoms with Crippen LogP contribution >= 0.6 is 0 Å². The highest BCUT2D eigenvalue weighted by Gasteiger charge is 2.32. The maximum Gasteiger partial charge on any atom is 0.285 e. The first kappa shape index (κ1) is 16.0. The molecule has 0 spiro atoms. The molecule has 0 unspecified atom stereocenters. The molecule has 1 saturated heterocycles. The Bertz CT molecular complexity index is 758. The van der Waals surface area contributed by atoms with Crippen LogP contribution in [0.3, 0.4) is 0 Å². The minimum Gasteiger partial charge on any atom is -0.349 e. The highest BCUT2D eigenvalue weighted by atomic mass is 32.2. The second kappa shape index (κ2) is 5.96. The largest absolute Gasteiger partial charge is 0.349 e. The Hall–Kier alpha value is -1.89. The fraction of sp³-hybridized carbons (Fsp3) is 0.500. The lowest BCUT2D eigenvalue weighted by Crippen LogP contribution is -2.47. The highest BCUT2D eigenvalue weighted by Crippen LogP contribution is 2.27. The van der Waals surface area contributed by atoms with Crippen molar-refractivity contribution in [2.45, 2.75) is 37.1 Å². The van der Waals surface area contributed by atoms with Crippen LogP contribution < -0.4 is 0 Å². The van der Waals surface area contributed by atoms with Crippen molar-refractivity contribution < 1.29 is 13.2 Å². The smallest absolute Gasteiger partial charge is 0.285 e. The van der Waals surface area contributed by atoms with Gasteiger partial charge in [-0.15, -0.1) is 4.40 Å². The number of hydrogen-bond acceptors (Lipinski definition) is 4. The summed E-state index contributed by atoms with van der Waals surface area (Å²) in [4.78, 5) is 16.3. The average molecular weight is 335 g/mol. The Kier molecular flexibility index (Phi) is 4.14. The van der Waals surface area contributed by atoms with Gasteiger partial charge in [-0.1, -0.05) is 12.1 Å². The van der Waals surface area contributed by atoms with Gasteiger partial charge < -0.3 is 9.80 Å². The van der Waals surface area contributed by atoms with Crippen molar-refractivity contribution in [3.8, 4) is 0 Å². The van der Waals surface area contributed by atoms with Gasteiger partial charge in [-0.25, -0.2) is 0 Å². The summed E-state index contributed by atoms with van der Waals surface area (Å²) < 4.78 is 28.0. The fourth-order valence-electron chi connectivity index (χ4n) is 3.20. The Morgan fingerprint density at radius 1 is 1.35 bits per heavy atom. The normalized spacial score (nSPS) is 22.4. The number of amides is 1. The summed E-state index contributed by atoms with van der Waals surface area (Å²) in [5, 5.41) is 0. The van der Waals surface area contributed by atoms with Crippen molar-refractivity contribution in [2.24, 2.45) is 4.40 Å². The van der Waals surface area contributed by atoms with Gasteiger partial charge >= 0.3 is 0 Å². The van der Waals surface area contributed by atoms with Crippen molar-refractivity contribution >= 4 is 21.8 Å². The van der Waals surface area contributed by atoms with E-state index in [4.69, 9.17) is 0 Å². The number of sulfonamides is 1. The zero-order valence-electron chi connectivity index (χ0n) is 13.4. The molecule has 0 saturated carbocycles. The molecule has 0 aliphatic carbocycles. The third-order valence-corrected chi connectivity index (χ3v) is 5.79. The molecule has 1 aromatic carbocycles. The summed E-state index contributed by atoms with van der Waals surface area (Å²) in [6.07, 6.45) is 3.20. The molecule has 1 fully saturated rings. The van der Waals surface area contributed by atoms with E-state index >= 15 is 0 Å². The monoisotopic (exact) mass is 335 g/mol. The van der Waals surface area contributed by atoms with E-state index in [1.54, 1.807) is 36.2 Å². The molecule has 6 nitrogen and oxygen atoms in total. The van der Waals surface area contributed by atoms with Crippen LogP contribution in [0.4, 0.5) is 0 Å². The van der Waals surface area contributed by atoms with Crippen molar-refractivity contribution in [3.63, 3.8) is 0 Å². The molecule has 0 radical (unpaired) electrons. The zero-order chi connectivity index (χ0) is 16.6. The van der Waals surface area contributed by atoms with Crippen molar-refractivity contribution in [2.75, 3.05) is 20.1 Å². The standard InChI is InChI=1S/C16H21N3O3S/c1-12-7-5-6-10-19(12)15(20)11-18(2)16-13-8-3-4-9-14(13)23(21,22)17-16/h3-4,8-9,12H,5-7,10-11H2,1-2H3/t12-/m0/s1. The van der Waals surface area contributed by atoms with Gasteiger partial charge in [-0.2, -0.15) is 8.42 Å². The van der Waals surface area contributed by atoms with Crippen molar-refractivity contribution in [1.82, 2.24) is 9.80 Å². The van der Waals surface area contributed by atoms with Crippen LogP contribution in [0.2, 0.25) is 0 Å². The SMILES string of the molecule is C[C@H]1CCCCN1C(=O)CN(C)C1=NS(=O)(=O)c2ccccc21. The number of amidine groups is 1. The van der Waals surface area contributed by atoms with Gasteiger partial charge in [0.2, 0.25) is 5.91 Å². The van der Waals surface area contributed by atoms with E-state index in [-0.39, 0.29) is 23.4 Å². The van der Waals surface area contributed by atoms with Crippen molar-refractivity contribution in [1.29, 1.82) is 0 Å². The van der Waals surface area contributed by atoms with Crippen LogP contribution in [0.25, 0.3) is 0 Å². The number of fused-ring (bicyclic) bond motifs is 1. The lowest BCUT2D eigenvalue weighted by Gasteiger charge is -2.34. The Morgan fingerprint density at radius 3 is 2.83 bits per heavy atom. The minimum atomic E-state index is -3.65. The molecule has 0 bridgehead atoms. The number of nitrogens with zero attached hydrogens (tertiary/aromatic N) is 3. The van der Waals surface area contributed by atoms with Crippen LogP contribution in [0.1, 0.15) is 31.7 Å². The maximum absolute atomic E-state index is 12.5. The third-order valence-electron chi connectivity index (χ3n) is 4.47. The highest BCUT2D eigenvalue weighted by molar-refractivity contribution is 7.90. The molecule has 2 heterocycles. The van der Waals surface area contributed by atoms with E-state index < -0.39 is 10.0 Å². The first-order chi connectivity index (χ1) is 10.9. The second-order valence-corrected chi connectivity index (χ2v) is 7.75. The number of piperidine rings is 1. The third kappa shape index (κ3) is 2.97. The molecular weight excluding hydrogens is 314 g/mol. The Labute approximate surface area is 136 Å². The molecule has 1 amide bonds. The molecule has 3 rings (SSSR count). The summed E-state index contributed by atoms with van der Waals surface area (Å²) in [5.41, 5.74) is 0.564. The van der Waals surface area contributed by atoms with E-state index in [1.165, 1.54) is 0 Å². The van der Waals surface area contributed by atoms with Crippen LogP contribution in [-0.4, -0.2) is 56.1 Å². The lowest BCUT2D eigenvalue weighted by atomic mass is 10.0. The van der Waals surface area contributed by atoms with E-state index in [9.17, 15) is 13.2 Å². The van der Waals surface area contributed by atoms with Crippen LogP contribution in [0.5, 0.6) is 0 Å². The van der Waals surface area contributed by atoms with E-state index in [0.717, 1.165) is 25.8 Å². The second-order valence-electron chi connectivity index (χ2n) is 6.17. The summed E-state index contributed by atoms with van der Waals surface area (Å²) >= 11 is 0. The van der Waals surface area contributed by atoms with E-state index in [1.807, 2.05) is 4.90 Å². The molecule has 1 atom stereocenters. The Morgan fingerprint density at radius 2 is 2.09 bits per heavy atom. The van der Waals surface area contributed by atoms with Gasteiger partial charge in [-0.3, -0.25) is 4.79 Å². The summed E-state index contributed by atoms with van der Waals surface area (Å²) in [5.74, 6) is 0.364. The molecule has 2 aliphatic heterocycles. The molecule has 1 aromatic rings. The van der Waals surface area contributed by atoms with Crippen LogP contribution in [-0.2, 0) is 14.8 Å². The van der Waals surface area contributed by atoms with Gasteiger partial charge in [-0.05, 0) is 38.3 Å². The number of likely N-dealkylation sites (N-methyl/N-ethyl adjacent to an activating group) is 1. The minimum absolute atomic E-state index is 0.0178. The first-order valence-electron chi connectivity index (χ1n) is 7.85. The summed E-state index contributed by atoms with van der Waals surface area (Å²) in [6.45, 7) is 2.96. The quantitative estimate of drug-likeness (QED) is 0.820. The van der Waals surface area contributed by atoms with E-state index in [2.05, 4.69) is 11.3 Å². The molecule has 7 heteroatoms. The topological polar surface area (TPSA) is 70.1 Å². The van der Waals surface area contributed by atoms with Gasteiger partial charge in [0, 0.05) is 25.2 Å². The average Bonchev–Trinajstić information content (AvgIpc) is 2.80. The number of rotatable bonds is 2. The Balaban J connectivity index is 1.79. The fourth-order valence-corrected chi connectivity index (χ4v) is 4.45. The molecule has 124 valence electrons. The van der Waals surface area contributed by atoms with Crippen molar-refractivity contribution in [3.05, 3.63) is 29.8 Å². The first-order valence-corrected chi connectivity index (χ1v) is 9.29. The van der Waals surface area contributed by atoms with Gasteiger partial charge in [0.25, 0.3) is 10.0 Å². The predicted molar refractivity (Wildman–Crippen MR) is 87.8 cm³/mol. The summed E-state index contributed by atoms with van der Waals surface area (Å²) in [7, 11) is -1.94. The van der Waals surface area contributed by atoms with Gasteiger partial charge in [0.05, 0.1) is 6.54 Å². The number of likely N-dealkylation sites (tertiary alicyclic amines) is 1. The lowest BCUT2D eigenvalue weighted by molar-refractivity contribution is -0.134. The van der Waals surface area contributed by atoms with Gasteiger partial charge in [0.15, 0.2) is 5.84 Å². The molecular formula is C16H21N3O3S. The zero-order valence-corrected chi connectivity index (χ0v) is 14.2. The maximum atomic E-state index is 12.5. The van der Waals surface area contributed by atoms with Gasteiger partial charge in [0.1, 0.15) is 4.90 Å². The number of hydrogen-bond donors (Lipinski definition) is 0. The number of carbonyl (C=O) groups excluding carboxylic acids is 1. The molecule has 0 N–H and O–H groups in total. The van der Waals surface area contributed by atoms with Crippen LogP contribution in [0, 0.1) is 0 Å². The predicted octanol–water partition coefficient (Wildman–Crippen LogP) is 1.47. The number of carbonyl (C=O) groups is 1. The van der Waals surface area contributed by atoms with Crippen LogP contribution in [0.15, 0.2) is 33.6 Å². The molecule has 0 aromatic heterocycles. The molecule has 23 heavy (non-hydrogen) atoms.